The molecular formula is C7H16N2. The van der Waals surface area contributed by atoms with Crippen LogP contribution in [0, 0.1) is 0 Å². The van der Waals surface area contributed by atoms with Gasteiger partial charge in [0.05, 0.1) is 0 Å². The quantitative estimate of drug-likeness (QED) is 0.453. The molecule has 0 fully saturated rings. The molecule has 0 aromatic rings. The van der Waals surface area contributed by atoms with Gasteiger partial charge in [-0.3, -0.25) is 0 Å². The average molecular weight is 128 g/mol. The van der Waals surface area contributed by atoms with E-state index in [1.807, 2.05) is 6.92 Å². The second kappa shape index (κ2) is 5.60. The van der Waals surface area contributed by atoms with Gasteiger partial charge in [-0.2, -0.15) is 5.10 Å². The number of hydrogen-bond acceptors (Lipinski definition) is 2. The van der Waals surface area contributed by atoms with Crippen molar-refractivity contribution in [1.82, 2.24) is 5.43 Å². The zero-order valence-corrected chi connectivity index (χ0v) is 6.52. The van der Waals surface area contributed by atoms with Crippen LogP contribution in [0.3, 0.4) is 0 Å². The summed E-state index contributed by atoms with van der Waals surface area (Å²) in [6, 6.07) is 0.520. The van der Waals surface area contributed by atoms with Gasteiger partial charge in [-0.25, -0.2) is 0 Å². The predicted octanol–water partition coefficient (Wildman–Crippen LogP) is 1.77. The second-order valence-corrected chi connectivity index (χ2v) is 2.21. The fraction of sp³-hybridized carbons (Fsp3) is 0.857. The fourth-order valence-corrected chi connectivity index (χ4v) is 0.699. The monoisotopic (exact) mass is 128 g/mol. The van der Waals surface area contributed by atoms with Gasteiger partial charge < -0.3 is 5.43 Å². The number of nitrogens with zero attached hydrogens (tertiary/aromatic N) is 1. The summed E-state index contributed by atoms with van der Waals surface area (Å²) in [4.78, 5) is 0. The van der Waals surface area contributed by atoms with E-state index in [1.165, 1.54) is 12.8 Å². The van der Waals surface area contributed by atoms with Crippen LogP contribution < -0.4 is 5.43 Å². The van der Waals surface area contributed by atoms with Crippen LogP contribution in [0.25, 0.3) is 0 Å². The van der Waals surface area contributed by atoms with Crippen LogP contribution in [0.1, 0.15) is 33.6 Å². The second-order valence-electron chi connectivity index (χ2n) is 2.21. The minimum atomic E-state index is 0.520. The van der Waals surface area contributed by atoms with E-state index in [2.05, 4.69) is 24.4 Å². The maximum Gasteiger partial charge on any atom is 0.0411 e. The van der Waals surface area contributed by atoms with E-state index in [0.29, 0.717) is 6.04 Å². The lowest BCUT2D eigenvalue weighted by molar-refractivity contribution is 0.529. The van der Waals surface area contributed by atoms with Crippen molar-refractivity contribution in [2.75, 3.05) is 0 Å². The minimum absolute atomic E-state index is 0.520. The molecule has 0 saturated carbocycles. The highest BCUT2D eigenvalue weighted by atomic mass is 15.3. The first-order valence-electron chi connectivity index (χ1n) is 3.54. The molecule has 0 aliphatic rings. The van der Waals surface area contributed by atoms with E-state index in [-0.39, 0.29) is 0 Å². The third-order valence-corrected chi connectivity index (χ3v) is 1.15. The summed E-state index contributed by atoms with van der Waals surface area (Å²) in [7, 11) is 0. The molecule has 2 heteroatoms. The zero-order valence-electron chi connectivity index (χ0n) is 6.52. The average Bonchev–Trinajstić information content (AvgIpc) is 1.85. The standard InChI is InChI=1S/C7H16N2/c1-4-6-7(3)9-8-5-2/h5,7,9H,4,6H2,1-3H3/b8-5-. The molecule has 2 nitrogen and oxygen atoms in total. The maximum absolute atomic E-state index is 3.92. The summed E-state index contributed by atoms with van der Waals surface area (Å²) in [5, 5.41) is 3.92. The molecule has 0 aromatic carbocycles. The van der Waals surface area contributed by atoms with Crippen LogP contribution >= 0.6 is 0 Å². The molecule has 1 unspecified atom stereocenters. The van der Waals surface area contributed by atoms with Gasteiger partial charge in [0.2, 0.25) is 0 Å². The Morgan fingerprint density at radius 1 is 1.67 bits per heavy atom. The topological polar surface area (TPSA) is 24.4 Å². The summed E-state index contributed by atoms with van der Waals surface area (Å²) in [6.45, 7) is 6.22. The summed E-state index contributed by atoms with van der Waals surface area (Å²) in [5.74, 6) is 0. The van der Waals surface area contributed by atoms with Gasteiger partial charge in [-0.1, -0.05) is 13.3 Å². The first kappa shape index (κ1) is 8.47. The summed E-state index contributed by atoms with van der Waals surface area (Å²) in [6.07, 6.45) is 4.18. The van der Waals surface area contributed by atoms with E-state index in [1.54, 1.807) is 6.21 Å². The van der Waals surface area contributed by atoms with Gasteiger partial charge >= 0.3 is 0 Å². The van der Waals surface area contributed by atoms with Gasteiger partial charge in [0.25, 0.3) is 0 Å². The molecular weight excluding hydrogens is 112 g/mol. The van der Waals surface area contributed by atoms with Crippen LogP contribution in [0.15, 0.2) is 5.10 Å². The summed E-state index contributed by atoms with van der Waals surface area (Å²) >= 11 is 0. The normalized spacial score (nSPS) is 14.1. The zero-order chi connectivity index (χ0) is 7.11. The van der Waals surface area contributed by atoms with Crippen molar-refractivity contribution in [1.29, 1.82) is 0 Å². The summed E-state index contributed by atoms with van der Waals surface area (Å²) < 4.78 is 0. The lowest BCUT2D eigenvalue weighted by atomic mass is 10.2. The molecule has 1 atom stereocenters. The third-order valence-electron chi connectivity index (χ3n) is 1.15. The largest absolute Gasteiger partial charge is 0.308 e. The van der Waals surface area contributed by atoms with E-state index < -0.39 is 0 Å². The highest BCUT2D eigenvalue weighted by molar-refractivity contribution is 5.52. The molecule has 0 amide bonds. The van der Waals surface area contributed by atoms with Crippen LogP contribution in [0.2, 0.25) is 0 Å². The lowest BCUT2D eigenvalue weighted by Gasteiger charge is -2.07. The number of nitrogens with one attached hydrogen (secondary N) is 1. The Bertz CT molecular complexity index is 79.0. The first-order valence-corrected chi connectivity index (χ1v) is 3.54. The van der Waals surface area contributed by atoms with Crippen molar-refractivity contribution in [3.8, 4) is 0 Å². The molecule has 0 aliphatic carbocycles. The van der Waals surface area contributed by atoms with Gasteiger partial charge in [-0.05, 0) is 20.3 Å². The van der Waals surface area contributed by atoms with Crippen molar-refractivity contribution >= 4 is 6.21 Å². The van der Waals surface area contributed by atoms with Gasteiger partial charge in [0.1, 0.15) is 0 Å². The van der Waals surface area contributed by atoms with Crippen molar-refractivity contribution in [2.24, 2.45) is 5.10 Å². The van der Waals surface area contributed by atoms with E-state index in [9.17, 15) is 0 Å². The summed E-state index contributed by atoms with van der Waals surface area (Å²) in [5.41, 5.74) is 3.00. The van der Waals surface area contributed by atoms with Gasteiger partial charge in [-0.15, -0.1) is 0 Å². The molecule has 0 heterocycles. The molecule has 0 aromatic heterocycles. The van der Waals surface area contributed by atoms with Crippen molar-refractivity contribution < 1.29 is 0 Å². The van der Waals surface area contributed by atoms with Crippen molar-refractivity contribution in [3.63, 3.8) is 0 Å². The first-order chi connectivity index (χ1) is 4.31. The van der Waals surface area contributed by atoms with Crippen molar-refractivity contribution in [2.45, 2.75) is 39.7 Å². The maximum atomic E-state index is 3.92. The Hall–Kier alpha value is -0.530. The molecule has 0 saturated heterocycles. The number of hydrogen-bond donors (Lipinski definition) is 1. The fourth-order valence-electron chi connectivity index (χ4n) is 0.699. The molecule has 0 rings (SSSR count). The highest BCUT2D eigenvalue weighted by Crippen LogP contribution is 1.93. The lowest BCUT2D eigenvalue weighted by Crippen LogP contribution is -2.19. The number of rotatable bonds is 4. The van der Waals surface area contributed by atoms with E-state index in [0.717, 1.165) is 0 Å². The Balaban J connectivity index is 3.15. The molecule has 0 bridgehead atoms. The predicted molar refractivity (Wildman–Crippen MR) is 41.7 cm³/mol. The van der Waals surface area contributed by atoms with E-state index >= 15 is 0 Å². The third kappa shape index (κ3) is 5.34. The minimum Gasteiger partial charge on any atom is -0.308 e. The van der Waals surface area contributed by atoms with Crippen LogP contribution in [0.4, 0.5) is 0 Å². The Morgan fingerprint density at radius 2 is 2.33 bits per heavy atom. The SMILES string of the molecule is C/C=N\NC(C)CCC. The molecule has 0 aliphatic heterocycles. The molecule has 9 heavy (non-hydrogen) atoms. The van der Waals surface area contributed by atoms with Crippen LogP contribution in [-0.2, 0) is 0 Å². The molecule has 0 spiro atoms. The van der Waals surface area contributed by atoms with E-state index in [4.69, 9.17) is 0 Å². The Morgan fingerprint density at radius 3 is 2.78 bits per heavy atom. The molecule has 1 N–H and O–H groups in total. The van der Waals surface area contributed by atoms with Crippen LogP contribution in [0.5, 0.6) is 0 Å². The Kier molecular flexibility index (Phi) is 5.27. The Labute approximate surface area is 57.3 Å². The molecule has 0 radical (unpaired) electrons. The smallest absolute Gasteiger partial charge is 0.0411 e. The van der Waals surface area contributed by atoms with Crippen LogP contribution in [-0.4, -0.2) is 12.3 Å². The highest BCUT2D eigenvalue weighted by Gasteiger charge is 1.93. The number of hydrazone groups is 1. The molecule has 54 valence electrons. The van der Waals surface area contributed by atoms with Gasteiger partial charge in [0.15, 0.2) is 0 Å². The van der Waals surface area contributed by atoms with Crippen molar-refractivity contribution in [3.05, 3.63) is 0 Å². The van der Waals surface area contributed by atoms with Gasteiger partial charge in [0, 0.05) is 12.3 Å².